The first-order valence-corrected chi connectivity index (χ1v) is 10.6. The van der Waals surface area contributed by atoms with Gasteiger partial charge < -0.3 is 0 Å². The van der Waals surface area contributed by atoms with Gasteiger partial charge in [-0.3, -0.25) is 4.79 Å². The van der Waals surface area contributed by atoms with E-state index < -0.39 is 5.66 Å². The second kappa shape index (κ2) is 7.49. The number of ketones is 1. The first-order chi connectivity index (χ1) is 16.3. The molecular weight excluding hydrogens is 412 g/mol. The van der Waals surface area contributed by atoms with Crippen LogP contribution >= 0.6 is 0 Å². The van der Waals surface area contributed by atoms with Gasteiger partial charge in [-0.15, -0.1) is 10.2 Å². The lowest BCUT2D eigenvalue weighted by molar-refractivity contribution is 0.0786. The molecule has 6 rings (SSSR count). The number of hydrogen-bond acceptors (Lipinski definition) is 5. The van der Waals surface area contributed by atoms with Crippen LogP contribution < -0.4 is 0 Å². The summed E-state index contributed by atoms with van der Waals surface area (Å²) in [5, 5.41) is 17.8. The molecule has 0 aliphatic carbocycles. The molecule has 0 aliphatic rings. The van der Waals surface area contributed by atoms with Crippen LogP contribution in [0.15, 0.2) is 109 Å². The highest BCUT2D eigenvalue weighted by Gasteiger charge is 2.48. The summed E-state index contributed by atoms with van der Waals surface area (Å²) < 4.78 is 3.32. The lowest BCUT2D eigenvalue weighted by atomic mass is 9.89. The topological polar surface area (TPSA) is 78.5 Å². The third-order valence-electron chi connectivity index (χ3n) is 5.85. The lowest BCUT2D eigenvalue weighted by Crippen LogP contribution is -2.51. The van der Waals surface area contributed by atoms with E-state index in [-0.39, 0.29) is 5.78 Å². The maximum absolute atomic E-state index is 14.6. The highest BCUT2D eigenvalue weighted by atomic mass is 16.1. The molecule has 0 bridgehead atoms. The molecule has 0 amide bonds. The predicted molar refractivity (Wildman–Crippen MR) is 125 cm³/mol. The van der Waals surface area contributed by atoms with Crippen molar-refractivity contribution in [1.29, 1.82) is 0 Å². The smallest absolute Gasteiger partial charge is 0.246 e. The number of para-hydroxylation sites is 2. The maximum atomic E-state index is 14.6. The molecule has 2 heterocycles. The van der Waals surface area contributed by atoms with Crippen LogP contribution in [0.4, 0.5) is 0 Å². The Hall–Kier alpha value is -4.65. The molecule has 0 radical (unpaired) electrons. The van der Waals surface area contributed by atoms with Crippen molar-refractivity contribution in [2.24, 2.45) is 0 Å². The Bertz CT molecular complexity index is 1510. The van der Waals surface area contributed by atoms with Crippen molar-refractivity contribution in [3.05, 3.63) is 120 Å². The Morgan fingerprint density at radius 2 is 1.03 bits per heavy atom. The Kier molecular flexibility index (Phi) is 4.33. The summed E-state index contributed by atoms with van der Waals surface area (Å²) in [5.74, 6) is -0.194. The van der Waals surface area contributed by atoms with E-state index in [0.717, 1.165) is 0 Å². The van der Waals surface area contributed by atoms with Gasteiger partial charge in [-0.25, -0.2) is 9.36 Å². The number of aromatic nitrogens is 6. The van der Waals surface area contributed by atoms with Crippen molar-refractivity contribution < 1.29 is 4.79 Å². The molecule has 0 saturated carbocycles. The Balaban J connectivity index is 1.80. The molecule has 0 spiro atoms. The minimum atomic E-state index is -1.49. The fraction of sp³-hybridized carbons (Fsp3) is 0.0385. The Morgan fingerprint density at radius 3 is 1.58 bits per heavy atom. The zero-order valence-corrected chi connectivity index (χ0v) is 17.5. The van der Waals surface area contributed by atoms with Crippen LogP contribution in [-0.4, -0.2) is 35.8 Å². The first kappa shape index (κ1) is 19.1. The fourth-order valence-corrected chi connectivity index (χ4v) is 4.34. The van der Waals surface area contributed by atoms with E-state index in [1.54, 1.807) is 21.5 Å². The van der Waals surface area contributed by atoms with Crippen molar-refractivity contribution in [2.75, 3.05) is 0 Å². The molecule has 33 heavy (non-hydrogen) atoms. The standard InChI is InChI=1S/C26H18N6O/c33-25(19-11-3-1-4-12-19)26(20-13-5-2-6-14-20,31-23-17-9-7-15-21(23)27-29-31)32-24-18-10-8-16-22(24)28-30-32/h1-18H. The van der Waals surface area contributed by atoms with Gasteiger partial charge in [-0.1, -0.05) is 95.4 Å². The number of fused-ring (bicyclic) bond motifs is 2. The van der Waals surface area contributed by atoms with Crippen molar-refractivity contribution in [3.8, 4) is 0 Å². The van der Waals surface area contributed by atoms with Gasteiger partial charge in [0.25, 0.3) is 0 Å². The number of Topliss-reactive ketones (excluding diaryl/α,β-unsaturated/α-hetero) is 1. The maximum Gasteiger partial charge on any atom is 0.246 e. The summed E-state index contributed by atoms with van der Waals surface area (Å²) in [6.07, 6.45) is 0. The number of carbonyl (C=O) groups is 1. The molecule has 0 saturated heterocycles. The zero-order valence-electron chi connectivity index (χ0n) is 17.5. The van der Waals surface area contributed by atoms with Gasteiger partial charge in [0.05, 0.1) is 11.0 Å². The second-order valence-electron chi connectivity index (χ2n) is 7.71. The summed E-state index contributed by atoms with van der Waals surface area (Å²) in [6.45, 7) is 0. The molecule has 0 N–H and O–H groups in total. The third-order valence-corrected chi connectivity index (χ3v) is 5.85. The summed E-state index contributed by atoms with van der Waals surface area (Å²) in [5.41, 5.74) is 2.53. The van der Waals surface area contributed by atoms with Gasteiger partial charge >= 0.3 is 0 Å². The van der Waals surface area contributed by atoms with E-state index in [9.17, 15) is 4.79 Å². The van der Waals surface area contributed by atoms with Gasteiger partial charge in [0.15, 0.2) is 0 Å². The Labute approximate surface area is 188 Å². The molecule has 0 fully saturated rings. The third kappa shape index (κ3) is 2.79. The van der Waals surface area contributed by atoms with Crippen molar-refractivity contribution >= 4 is 27.9 Å². The molecule has 7 heteroatoms. The largest absolute Gasteiger partial charge is 0.289 e. The molecule has 4 aromatic carbocycles. The van der Waals surface area contributed by atoms with Gasteiger partial charge in [0, 0.05) is 11.1 Å². The van der Waals surface area contributed by atoms with Crippen LogP contribution in [0.5, 0.6) is 0 Å². The van der Waals surface area contributed by atoms with Gasteiger partial charge in [0.2, 0.25) is 11.4 Å². The molecular formula is C26H18N6O. The van der Waals surface area contributed by atoms with Crippen LogP contribution in [-0.2, 0) is 5.66 Å². The quantitative estimate of drug-likeness (QED) is 0.381. The summed E-state index contributed by atoms with van der Waals surface area (Å²) in [7, 11) is 0. The normalized spacial score (nSPS) is 11.8. The van der Waals surface area contributed by atoms with Crippen molar-refractivity contribution in [1.82, 2.24) is 30.0 Å². The van der Waals surface area contributed by atoms with E-state index in [0.29, 0.717) is 33.2 Å². The average molecular weight is 430 g/mol. The molecule has 7 nitrogen and oxygen atoms in total. The van der Waals surface area contributed by atoms with E-state index >= 15 is 0 Å². The van der Waals surface area contributed by atoms with Gasteiger partial charge in [0.1, 0.15) is 11.0 Å². The van der Waals surface area contributed by atoms with Crippen LogP contribution in [0.2, 0.25) is 0 Å². The highest BCUT2D eigenvalue weighted by molar-refractivity contribution is 6.05. The SMILES string of the molecule is O=C(c1ccccc1)C(c1ccccc1)(n1nnc2ccccc21)n1nnc2ccccc21. The molecule has 0 aliphatic heterocycles. The number of carbonyl (C=O) groups excluding carboxylic acids is 1. The number of benzene rings is 4. The number of hydrogen-bond donors (Lipinski definition) is 0. The van der Waals surface area contributed by atoms with Crippen molar-refractivity contribution in [2.45, 2.75) is 5.66 Å². The minimum Gasteiger partial charge on any atom is -0.289 e. The number of nitrogens with zero attached hydrogens (tertiary/aromatic N) is 6. The molecule has 6 aromatic rings. The van der Waals surface area contributed by atoms with Crippen LogP contribution in [0.1, 0.15) is 15.9 Å². The summed E-state index contributed by atoms with van der Waals surface area (Å²) in [6, 6.07) is 33.9. The van der Waals surface area contributed by atoms with Crippen LogP contribution in [0, 0.1) is 0 Å². The van der Waals surface area contributed by atoms with Gasteiger partial charge in [-0.05, 0) is 24.3 Å². The van der Waals surface area contributed by atoms with Crippen LogP contribution in [0.25, 0.3) is 22.1 Å². The predicted octanol–water partition coefficient (Wildman–Crippen LogP) is 4.31. The first-order valence-electron chi connectivity index (χ1n) is 10.6. The average Bonchev–Trinajstić information content (AvgIpc) is 3.52. The van der Waals surface area contributed by atoms with E-state index in [4.69, 9.17) is 0 Å². The van der Waals surface area contributed by atoms with E-state index in [2.05, 4.69) is 20.6 Å². The monoisotopic (exact) mass is 430 g/mol. The molecule has 0 atom stereocenters. The molecule has 158 valence electrons. The van der Waals surface area contributed by atoms with Crippen molar-refractivity contribution in [3.63, 3.8) is 0 Å². The fourth-order valence-electron chi connectivity index (χ4n) is 4.34. The second-order valence-corrected chi connectivity index (χ2v) is 7.71. The number of rotatable bonds is 5. The minimum absolute atomic E-state index is 0.194. The van der Waals surface area contributed by atoms with E-state index in [1.807, 2.05) is 97.1 Å². The molecule has 0 unspecified atom stereocenters. The lowest BCUT2D eigenvalue weighted by Gasteiger charge is -2.33. The van der Waals surface area contributed by atoms with Gasteiger partial charge in [-0.2, -0.15) is 0 Å². The van der Waals surface area contributed by atoms with Crippen LogP contribution in [0.3, 0.4) is 0 Å². The summed E-state index contributed by atoms with van der Waals surface area (Å²) >= 11 is 0. The zero-order chi connectivity index (χ0) is 22.3. The Morgan fingerprint density at radius 1 is 0.576 bits per heavy atom. The van der Waals surface area contributed by atoms with E-state index in [1.165, 1.54) is 0 Å². The molecule has 2 aromatic heterocycles. The highest BCUT2D eigenvalue weighted by Crippen LogP contribution is 2.36. The summed E-state index contributed by atoms with van der Waals surface area (Å²) in [4.78, 5) is 14.6.